The maximum Gasteiger partial charge on any atom is 0.240 e. The highest BCUT2D eigenvalue weighted by Crippen LogP contribution is 2.30. The van der Waals surface area contributed by atoms with E-state index in [9.17, 15) is 9.59 Å². The zero-order valence-corrected chi connectivity index (χ0v) is 16.5. The van der Waals surface area contributed by atoms with Crippen LogP contribution in [0, 0.1) is 0 Å². The lowest BCUT2D eigenvalue weighted by atomic mass is 10.1. The van der Waals surface area contributed by atoms with E-state index in [4.69, 9.17) is 16.3 Å². The number of hydrazone groups is 1. The van der Waals surface area contributed by atoms with Crippen LogP contribution >= 0.6 is 11.6 Å². The van der Waals surface area contributed by atoms with E-state index < -0.39 is 0 Å². The van der Waals surface area contributed by atoms with Crippen molar-refractivity contribution < 1.29 is 14.3 Å². The van der Waals surface area contributed by atoms with Gasteiger partial charge >= 0.3 is 0 Å². The van der Waals surface area contributed by atoms with Crippen LogP contribution in [0.4, 0.5) is 0 Å². The normalized spacial score (nSPS) is 27.7. The molecule has 0 aliphatic carbocycles. The number of fused-ring (bicyclic) bond motifs is 1. The Balaban J connectivity index is 1.24. The Kier molecular flexibility index (Phi) is 5.94. The maximum atomic E-state index is 12.3. The summed E-state index contributed by atoms with van der Waals surface area (Å²) in [5, 5.41) is 7.89. The Morgan fingerprint density at radius 2 is 2.11 bits per heavy atom. The van der Waals surface area contributed by atoms with E-state index in [1.165, 1.54) is 0 Å². The third-order valence-electron chi connectivity index (χ3n) is 5.64. The lowest BCUT2D eigenvalue weighted by Gasteiger charge is -2.35. The molecule has 150 valence electrons. The predicted octanol–water partition coefficient (Wildman–Crippen LogP) is 2.02. The van der Waals surface area contributed by atoms with Gasteiger partial charge in [0.15, 0.2) is 0 Å². The minimum absolute atomic E-state index is 0.0413. The second-order valence-electron chi connectivity index (χ2n) is 7.69. The second-order valence-corrected chi connectivity index (χ2v) is 8.13. The van der Waals surface area contributed by atoms with Gasteiger partial charge in [-0.3, -0.25) is 14.5 Å². The molecule has 3 heterocycles. The SMILES string of the molecule is O=C1CCC(CCC(=O)N[C@@H]2C[C@H]3CO[C@@H](c4ccc(Cl)cc4)CN3C2)=NN1. The molecule has 0 radical (unpaired) electrons. The van der Waals surface area contributed by atoms with Crippen LogP contribution in [0.1, 0.15) is 43.8 Å². The van der Waals surface area contributed by atoms with Crippen molar-refractivity contribution in [3.8, 4) is 0 Å². The number of carbonyl (C=O) groups excluding carboxylic acids is 2. The zero-order valence-electron chi connectivity index (χ0n) is 15.7. The molecule has 0 aromatic heterocycles. The number of hydrogen-bond donors (Lipinski definition) is 2. The van der Waals surface area contributed by atoms with E-state index in [-0.39, 0.29) is 24.0 Å². The second kappa shape index (κ2) is 8.59. The summed E-state index contributed by atoms with van der Waals surface area (Å²) in [4.78, 5) is 25.8. The van der Waals surface area contributed by atoms with Crippen molar-refractivity contribution in [2.24, 2.45) is 5.10 Å². The first kappa shape index (κ1) is 19.4. The highest BCUT2D eigenvalue weighted by molar-refractivity contribution is 6.30. The number of halogens is 1. The fourth-order valence-corrected chi connectivity index (χ4v) is 4.23. The molecule has 7 nitrogen and oxygen atoms in total. The van der Waals surface area contributed by atoms with Gasteiger partial charge in [-0.05, 0) is 37.0 Å². The third-order valence-corrected chi connectivity index (χ3v) is 5.90. The standard InChI is InChI=1S/C20H25ClN4O3/c21-14-3-1-13(2-4-14)18-11-25-10-16(9-17(25)12-28-18)22-19(26)7-5-15-6-8-20(27)24-23-15/h1-4,16-18H,5-12H2,(H,22,26)(H,24,27)/t16-,17+,18-/m1/s1. The van der Waals surface area contributed by atoms with Crippen molar-refractivity contribution in [3.05, 3.63) is 34.9 Å². The molecule has 0 saturated carbocycles. The van der Waals surface area contributed by atoms with Crippen molar-refractivity contribution in [2.75, 3.05) is 19.7 Å². The van der Waals surface area contributed by atoms with E-state index >= 15 is 0 Å². The van der Waals surface area contributed by atoms with Crippen LogP contribution in [0.3, 0.4) is 0 Å². The Morgan fingerprint density at radius 1 is 1.29 bits per heavy atom. The minimum Gasteiger partial charge on any atom is -0.371 e. The molecule has 2 fully saturated rings. The highest BCUT2D eigenvalue weighted by Gasteiger charge is 2.38. The molecular weight excluding hydrogens is 380 g/mol. The Hall–Kier alpha value is -1.96. The molecule has 1 aromatic carbocycles. The van der Waals surface area contributed by atoms with Gasteiger partial charge in [0.05, 0.1) is 12.7 Å². The van der Waals surface area contributed by atoms with Gasteiger partial charge in [-0.15, -0.1) is 0 Å². The van der Waals surface area contributed by atoms with E-state index in [2.05, 4.69) is 20.7 Å². The molecule has 0 spiro atoms. The summed E-state index contributed by atoms with van der Waals surface area (Å²) in [6, 6.07) is 8.31. The molecule has 2 saturated heterocycles. The molecule has 8 heteroatoms. The number of carbonyl (C=O) groups is 2. The smallest absolute Gasteiger partial charge is 0.240 e. The number of ether oxygens (including phenoxy) is 1. The van der Waals surface area contributed by atoms with Crippen molar-refractivity contribution >= 4 is 29.1 Å². The molecule has 0 bridgehead atoms. The van der Waals surface area contributed by atoms with Crippen LogP contribution in [0.25, 0.3) is 0 Å². The number of rotatable bonds is 5. The van der Waals surface area contributed by atoms with Crippen molar-refractivity contribution in [1.82, 2.24) is 15.6 Å². The molecule has 1 aromatic rings. The van der Waals surface area contributed by atoms with Gasteiger partial charge < -0.3 is 10.1 Å². The Labute approximate surface area is 169 Å². The summed E-state index contributed by atoms with van der Waals surface area (Å²) in [5.41, 5.74) is 4.49. The number of hydrogen-bond acceptors (Lipinski definition) is 5. The average molecular weight is 405 g/mol. The molecule has 4 rings (SSSR count). The molecule has 28 heavy (non-hydrogen) atoms. The van der Waals surface area contributed by atoms with Crippen LogP contribution in [0.5, 0.6) is 0 Å². The first-order valence-electron chi connectivity index (χ1n) is 9.81. The fraction of sp³-hybridized carbons (Fsp3) is 0.550. The molecular formula is C20H25ClN4O3. The number of morpholine rings is 1. The van der Waals surface area contributed by atoms with Crippen LogP contribution in [0.15, 0.2) is 29.4 Å². The minimum atomic E-state index is -0.0602. The first-order valence-corrected chi connectivity index (χ1v) is 10.2. The Bertz CT molecular complexity index is 767. The van der Waals surface area contributed by atoms with E-state index in [0.29, 0.717) is 38.3 Å². The summed E-state index contributed by atoms with van der Waals surface area (Å²) in [6.07, 6.45) is 3.04. The first-order chi connectivity index (χ1) is 13.6. The topological polar surface area (TPSA) is 83.0 Å². The number of nitrogens with one attached hydrogen (secondary N) is 2. The lowest BCUT2D eigenvalue weighted by molar-refractivity contribution is -0.121. The highest BCUT2D eigenvalue weighted by atomic mass is 35.5. The number of amides is 2. The summed E-state index contributed by atoms with van der Waals surface area (Å²) in [6.45, 7) is 2.35. The maximum absolute atomic E-state index is 12.3. The van der Waals surface area contributed by atoms with E-state index in [1.807, 2.05) is 24.3 Å². The van der Waals surface area contributed by atoms with Crippen molar-refractivity contribution in [3.63, 3.8) is 0 Å². The summed E-state index contributed by atoms with van der Waals surface area (Å²) in [5.74, 6) is -0.0189. The molecule has 3 aliphatic rings. The molecule has 3 aliphatic heterocycles. The van der Waals surface area contributed by atoms with Crippen LogP contribution in [-0.4, -0.2) is 54.2 Å². The van der Waals surface area contributed by atoms with Gasteiger partial charge in [-0.2, -0.15) is 5.10 Å². The summed E-state index contributed by atoms with van der Waals surface area (Å²) in [7, 11) is 0. The largest absolute Gasteiger partial charge is 0.371 e. The summed E-state index contributed by atoms with van der Waals surface area (Å²) < 4.78 is 6.06. The van der Waals surface area contributed by atoms with Crippen molar-refractivity contribution in [2.45, 2.75) is 50.3 Å². The van der Waals surface area contributed by atoms with Crippen molar-refractivity contribution in [1.29, 1.82) is 0 Å². The van der Waals surface area contributed by atoms with Gasteiger partial charge in [0, 0.05) is 48.7 Å². The van der Waals surface area contributed by atoms with Crippen LogP contribution in [-0.2, 0) is 14.3 Å². The number of nitrogens with zero attached hydrogens (tertiary/aromatic N) is 2. The fourth-order valence-electron chi connectivity index (χ4n) is 4.11. The Morgan fingerprint density at radius 3 is 2.86 bits per heavy atom. The average Bonchev–Trinajstić information content (AvgIpc) is 3.09. The summed E-state index contributed by atoms with van der Waals surface area (Å²) >= 11 is 5.97. The van der Waals surface area contributed by atoms with Gasteiger partial charge in [-0.1, -0.05) is 23.7 Å². The quantitative estimate of drug-likeness (QED) is 0.786. The van der Waals surface area contributed by atoms with E-state index in [0.717, 1.165) is 35.8 Å². The monoisotopic (exact) mass is 404 g/mol. The third kappa shape index (κ3) is 4.71. The van der Waals surface area contributed by atoms with Crippen LogP contribution < -0.4 is 10.7 Å². The number of benzene rings is 1. The van der Waals surface area contributed by atoms with Gasteiger partial charge in [0.25, 0.3) is 0 Å². The van der Waals surface area contributed by atoms with Crippen LogP contribution in [0.2, 0.25) is 5.02 Å². The van der Waals surface area contributed by atoms with E-state index in [1.54, 1.807) is 0 Å². The molecule has 3 atom stereocenters. The molecule has 2 amide bonds. The molecule has 0 unspecified atom stereocenters. The van der Waals surface area contributed by atoms with Gasteiger partial charge in [0.2, 0.25) is 11.8 Å². The zero-order chi connectivity index (χ0) is 19.5. The lowest BCUT2D eigenvalue weighted by Crippen LogP contribution is -2.43. The van der Waals surface area contributed by atoms with Gasteiger partial charge in [-0.25, -0.2) is 5.43 Å². The van der Waals surface area contributed by atoms with Gasteiger partial charge in [0.1, 0.15) is 0 Å². The molecule has 2 N–H and O–H groups in total. The predicted molar refractivity (Wildman–Crippen MR) is 106 cm³/mol.